The minimum atomic E-state index is -0.257. The van der Waals surface area contributed by atoms with Crippen molar-refractivity contribution in [3.8, 4) is 36.2 Å². The van der Waals surface area contributed by atoms with Gasteiger partial charge in [-0.15, -0.1) is 12.8 Å². The third-order valence-corrected chi connectivity index (χ3v) is 1.90. The van der Waals surface area contributed by atoms with Crippen LogP contribution in [-0.4, -0.2) is 10.2 Å². The van der Waals surface area contributed by atoms with E-state index in [2.05, 4.69) is 11.8 Å². The first-order chi connectivity index (χ1) is 6.11. The maximum atomic E-state index is 9.41. The van der Waals surface area contributed by atoms with Crippen molar-refractivity contribution in [3.63, 3.8) is 0 Å². The third kappa shape index (κ3) is 1.40. The Hall–Kier alpha value is -1.77. The van der Waals surface area contributed by atoms with Gasteiger partial charge in [-0.3, -0.25) is 0 Å². The molecule has 0 fully saturated rings. The van der Waals surface area contributed by atoms with Crippen molar-refractivity contribution in [1.29, 1.82) is 0 Å². The van der Waals surface area contributed by atoms with Crippen LogP contribution in [-0.2, 0) is 0 Å². The van der Waals surface area contributed by atoms with E-state index in [1.54, 1.807) is 0 Å². The third-order valence-electron chi connectivity index (χ3n) is 1.52. The quantitative estimate of drug-likeness (QED) is 0.485. The van der Waals surface area contributed by atoms with Crippen molar-refractivity contribution in [1.82, 2.24) is 0 Å². The lowest BCUT2D eigenvalue weighted by atomic mass is 10.1. The summed E-state index contributed by atoms with van der Waals surface area (Å²) in [6, 6.07) is 1.18. The molecule has 1 rings (SSSR count). The molecule has 0 bridgehead atoms. The first kappa shape index (κ1) is 9.32. The van der Waals surface area contributed by atoms with Gasteiger partial charge in [-0.1, -0.05) is 23.4 Å². The van der Waals surface area contributed by atoms with Crippen molar-refractivity contribution >= 4 is 11.6 Å². The van der Waals surface area contributed by atoms with E-state index in [-0.39, 0.29) is 27.6 Å². The molecule has 0 heterocycles. The zero-order valence-corrected chi connectivity index (χ0v) is 7.26. The summed E-state index contributed by atoms with van der Waals surface area (Å²) in [4.78, 5) is 0. The molecule has 1 aromatic rings. The molecule has 0 aliphatic rings. The molecule has 64 valence electrons. The van der Waals surface area contributed by atoms with Gasteiger partial charge >= 0.3 is 0 Å². The van der Waals surface area contributed by atoms with Gasteiger partial charge in [-0.25, -0.2) is 0 Å². The van der Waals surface area contributed by atoms with Crippen molar-refractivity contribution in [2.24, 2.45) is 0 Å². The Morgan fingerprint density at radius 1 is 1.23 bits per heavy atom. The number of terminal acetylenes is 2. The summed E-state index contributed by atoms with van der Waals surface area (Å²) in [5, 5.41) is 18.6. The Balaban J connectivity index is 3.63. The van der Waals surface area contributed by atoms with Crippen LogP contribution in [0.4, 0.5) is 0 Å². The number of aromatic hydroxyl groups is 2. The van der Waals surface area contributed by atoms with Crippen molar-refractivity contribution in [2.75, 3.05) is 0 Å². The minimum absolute atomic E-state index is 0.00890. The largest absolute Gasteiger partial charge is 0.506 e. The first-order valence-electron chi connectivity index (χ1n) is 3.29. The van der Waals surface area contributed by atoms with Crippen molar-refractivity contribution < 1.29 is 10.2 Å². The number of benzene rings is 1. The fraction of sp³-hybridized carbons (Fsp3) is 0. The zero-order chi connectivity index (χ0) is 10.0. The highest BCUT2D eigenvalue weighted by Gasteiger charge is 2.12. The summed E-state index contributed by atoms with van der Waals surface area (Å²) < 4.78 is 0. The van der Waals surface area contributed by atoms with Crippen LogP contribution in [0.25, 0.3) is 0 Å². The van der Waals surface area contributed by atoms with Crippen LogP contribution in [0.5, 0.6) is 11.5 Å². The molecule has 0 amide bonds. The number of hydrogen-bond acceptors (Lipinski definition) is 2. The van der Waals surface area contributed by atoms with E-state index in [4.69, 9.17) is 24.4 Å². The molecule has 0 unspecified atom stereocenters. The molecular formula is C10H5ClO2. The molecule has 2 nitrogen and oxygen atoms in total. The fourth-order valence-corrected chi connectivity index (χ4v) is 1.08. The van der Waals surface area contributed by atoms with Crippen LogP contribution in [0.15, 0.2) is 6.07 Å². The Bertz CT molecular complexity index is 436. The molecular weight excluding hydrogens is 188 g/mol. The standard InChI is InChI=1S/C10H5ClO2/c1-3-6-5-8(12)9(11)7(4-2)10(6)13/h1-2,5,12-13H. The molecule has 0 atom stereocenters. The average molecular weight is 193 g/mol. The molecule has 13 heavy (non-hydrogen) atoms. The fourth-order valence-electron chi connectivity index (χ4n) is 0.877. The highest BCUT2D eigenvalue weighted by Crippen LogP contribution is 2.35. The SMILES string of the molecule is C#Cc1cc(O)c(Cl)c(C#C)c1O. The van der Waals surface area contributed by atoms with Crippen molar-refractivity contribution in [3.05, 3.63) is 22.2 Å². The predicted octanol–water partition coefficient (Wildman–Crippen LogP) is 1.71. The summed E-state index contributed by atoms with van der Waals surface area (Å²) in [5.74, 6) is 3.82. The van der Waals surface area contributed by atoms with Crippen LogP contribution in [0.1, 0.15) is 11.1 Å². The average Bonchev–Trinajstić information content (AvgIpc) is 2.12. The van der Waals surface area contributed by atoms with Crippen LogP contribution in [0.2, 0.25) is 5.02 Å². The molecule has 3 heteroatoms. The number of phenols is 2. The van der Waals surface area contributed by atoms with Gasteiger partial charge in [-0.2, -0.15) is 0 Å². The highest BCUT2D eigenvalue weighted by molar-refractivity contribution is 6.33. The van der Waals surface area contributed by atoms with E-state index in [9.17, 15) is 10.2 Å². The maximum Gasteiger partial charge on any atom is 0.148 e. The second kappa shape index (κ2) is 3.31. The summed E-state index contributed by atoms with van der Waals surface area (Å²) in [7, 11) is 0. The number of phenolic OH excluding ortho intramolecular Hbond substituents is 2. The van der Waals surface area contributed by atoms with Gasteiger partial charge in [0.15, 0.2) is 0 Å². The second-order valence-corrected chi connectivity index (χ2v) is 2.65. The molecule has 0 aliphatic heterocycles. The van der Waals surface area contributed by atoms with Gasteiger partial charge in [0.25, 0.3) is 0 Å². The molecule has 0 aromatic heterocycles. The Morgan fingerprint density at radius 2 is 1.85 bits per heavy atom. The Kier molecular flexibility index (Phi) is 2.37. The monoisotopic (exact) mass is 192 g/mol. The van der Waals surface area contributed by atoms with Crippen LogP contribution in [0.3, 0.4) is 0 Å². The van der Waals surface area contributed by atoms with E-state index in [0.29, 0.717) is 0 Å². The second-order valence-electron chi connectivity index (χ2n) is 2.27. The van der Waals surface area contributed by atoms with Crippen LogP contribution in [0, 0.1) is 24.7 Å². The van der Waals surface area contributed by atoms with Gasteiger partial charge in [0.1, 0.15) is 16.5 Å². The normalized spacial score (nSPS) is 8.85. The van der Waals surface area contributed by atoms with E-state index < -0.39 is 0 Å². The van der Waals surface area contributed by atoms with Gasteiger partial charge in [0.2, 0.25) is 0 Å². The summed E-state index contributed by atoms with van der Waals surface area (Å²) in [6.07, 6.45) is 10.1. The van der Waals surface area contributed by atoms with Gasteiger partial charge in [-0.05, 0) is 0 Å². The Morgan fingerprint density at radius 3 is 2.31 bits per heavy atom. The molecule has 2 N–H and O–H groups in total. The lowest BCUT2D eigenvalue weighted by Crippen LogP contribution is -1.85. The van der Waals surface area contributed by atoms with Crippen LogP contribution >= 0.6 is 11.6 Å². The Labute approximate surface area is 80.8 Å². The molecule has 0 saturated carbocycles. The predicted molar refractivity (Wildman–Crippen MR) is 50.7 cm³/mol. The van der Waals surface area contributed by atoms with E-state index in [1.807, 2.05) is 0 Å². The topological polar surface area (TPSA) is 40.5 Å². The first-order valence-corrected chi connectivity index (χ1v) is 3.67. The minimum Gasteiger partial charge on any atom is -0.506 e. The van der Waals surface area contributed by atoms with E-state index >= 15 is 0 Å². The van der Waals surface area contributed by atoms with Crippen molar-refractivity contribution in [2.45, 2.75) is 0 Å². The number of hydrogen-bond donors (Lipinski definition) is 2. The van der Waals surface area contributed by atoms with Gasteiger partial charge in [0.05, 0.1) is 11.1 Å². The molecule has 0 radical (unpaired) electrons. The summed E-state index contributed by atoms with van der Waals surface area (Å²) in [6.45, 7) is 0. The number of rotatable bonds is 0. The zero-order valence-electron chi connectivity index (χ0n) is 6.50. The van der Waals surface area contributed by atoms with Crippen LogP contribution < -0.4 is 0 Å². The highest BCUT2D eigenvalue weighted by atomic mass is 35.5. The molecule has 0 saturated heterocycles. The van der Waals surface area contributed by atoms with E-state index in [1.165, 1.54) is 6.07 Å². The smallest absolute Gasteiger partial charge is 0.148 e. The molecule has 0 aliphatic carbocycles. The van der Waals surface area contributed by atoms with E-state index in [0.717, 1.165) is 0 Å². The molecule has 1 aromatic carbocycles. The molecule has 0 spiro atoms. The summed E-state index contributed by atoms with van der Waals surface area (Å²) >= 11 is 5.61. The lowest BCUT2D eigenvalue weighted by molar-refractivity contribution is 0.458. The summed E-state index contributed by atoms with van der Waals surface area (Å²) in [5.41, 5.74) is 0.129. The van der Waals surface area contributed by atoms with Gasteiger partial charge in [0, 0.05) is 6.07 Å². The maximum absolute atomic E-state index is 9.41. The van der Waals surface area contributed by atoms with Gasteiger partial charge < -0.3 is 10.2 Å². The lowest BCUT2D eigenvalue weighted by Gasteiger charge is -2.04. The number of halogens is 1.